The van der Waals surface area contributed by atoms with Crippen molar-refractivity contribution in [2.24, 2.45) is 0 Å². The first-order valence-corrected chi connectivity index (χ1v) is 10.4. The molecule has 160 valence electrons. The van der Waals surface area contributed by atoms with Gasteiger partial charge in [-0.1, -0.05) is 54.6 Å². The average molecular weight is 426 g/mol. The topological polar surface area (TPSA) is 93.9 Å². The highest BCUT2D eigenvalue weighted by atomic mass is 16.2. The first kappa shape index (κ1) is 21.1. The molecule has 0 saturated heterocycles. The Kier molecular flexibility index (Phi) is 6.46. The second-order valence-electron chi connectivity index (χ2n) is 7.34. The van der Waals surface area contributed by atoms with Crippen LogP contribution >= 0.6 is 0 Å². The minimum absolute atomic E-state index is 0.0757. The number of carbonyl (C=O) groups is 2. The second-order valence-corrected chi connectivity index (χ2v) is 7.34. The van der Waals surface area contributed by atoms with E-state index in [0.717, 1.165) is 0 Å². The summed E-state index contributed by atoms with van der Waals surface area (Å²) in [5.41, 5.74) is 1.68. The number of pyridine rings is 1. The molecule has 32 heavy (non-hydrogen) atoms. The fraction of sp³-hybridized carbons (Fsp3) is 0.160. The maximum absolute atomic E-state index is 12.9. The van der Waals surface area contributed by atoms with Crippen LogP contribution < -0.4 is 10.9 Å². The van der Waals surface area contributed by atoms with E-state index < -0.39 is 0 Å². The lowest BCUT2D eigenvalue weighted by Crippen LogP contribution is -2.29. The summed E-state index contributed by atoms with van der Waals surface area (Å²) < 4.78 is 1.37. The first-order chi connectivity index (χ1) is 15.6. The smallest absolute Gasteiger partial charge is 0.275 e. The van der Waals surface area contributed by atoms with E-state index in [1.807, 2.05) is 36.4 Å². The maximum atomic E-state index is 12.9. The average Bonchev–Trinajstić information content (AvgIpc) is 2.84. The molecule has 2 aromatic carbocycles. The maximum Gasteiger partial charge on any atom is 0.275 e. The first-order valence-electron chi connectivity index (χ1n) is 10.4. The number of carbonyl (C=O) groups excluding carboxylic acids is 2. The van der Waals surface area contributed by atoms with Crippen LogP contribution in [-0.4, -0.2) is 26.5 Å². The highest BCUT2D eigenvalue weighted by molar-refractivity contribution is 5.97. The van der Waals surface area contributed by atoms with E-state index >= 15 is 0 Å². The van der Waals surface area contributed by atoms with Crippen LogP contribution in [0.2, 0.25) is 0 Å². The number of fused-ring (bicyclic) bond motifs is 1. The molecule has 0 bridgehead atoms. The Bertz CT molecular complexity index is 1300. The fourth-order valence-electron chi connectivity index (χ4n) is 3.45. The van der Waals surface area contributed by atoms with Gasteiger partial charge in [0.05, 0.1) is 29.9 Å². The van der Waals surface area contributed by atoms with Crippen molar-refractivity contribution in [1.29, 1.82) is 0 Å². The zero-order valence-corrected chi connectivity index (χ0v) is 17.4. The zero-order valence-electron chi connectivity index (χ0n) is 17.4. The number of rotatable bonds is 8. The summed E-state index contributed by atoms with van der Waals surface area (Å²) in [6, 6.07) is 21.6. The summed E-state index contributed by atoms with van der Waals surface area (Å²) >= 11 is 0. The van der Waals surface area contributed by atoms with E-state index in [1.165, 1.54) is 4.68 Å². The predicted octanol–water partition coefficient (Wildman–Crippen LogP) is 3.12. The van der Waals surface area contributed by atoms with E-state index in [0.29, 0.717) is 27.7 Å². The molecule has 0 unspecified atom stereocenters. The molecule has 0 atom stereocenters. The van der Waals surface area contributed by atoms with Crippen LogP contribution in [0.1, 0.15) is 34.6 Å². The number of nitrogens with zero attached hydrogens (tertiary/aromatic N) is 3. The van der Waals surface area contributed by atoms with Crippen molar-refractivity contribution in [1.82, 2.24) is 20.1 Å². The van der Waals surface area contributed by atoms with Crippen LogP contribution in [0.5, 0.6) is 0 Å². The van der Waals surface area contributed by atoms with E-state index in [2.05, 4.69) is 15.4 Å². The van der Waals surface area contributed by atoms with Crippen molar-refractivity contribution in [3.05, 3.63) is 106 Å². The molecular weight excluding hydrogens is 404 g/mol. The zero-order chi connectivity index (χ0) is 22.3. The number of hydrogen-bond acceptors (Lipinski definition) is 5. The Labute approximate surface area is 184 Å². The van der Waals surface area contributed by atoms with Crippen molar-refractivity contribution >= 4 is 22.5 Å². The van der Waals surface area contributed by atoms with Crippen LogP contribution in [0.15, 0.2) is 83.8 Å². The molecule has 0 spiro atoms. The van der Waals surface area contributed by atoms with Gasteiger partial charge in [0.1, 0.15) is 0 Å². The van der Waals surface area contributed by atoms with Gasteiger partial charge in [-0.05, 0) is 18.2 Å². The minimum atomic E-state index is -0.248. The minimum Gasteiger partial charge on any atom is -0.350 e. The standard InChI is InChI=1S/C25H22N4O3/c30-23(18-8-2-1-3-9-18)13-14-24(31)27-16-22-20-11-4-5-12-21(20)25(32)29(28-22)17-19-10-6-7-15-26-19/h1-12,15H,13-14,16-17H2,(H,27,31). The van der Waals surface area contributed by atoms with Crippen LogP contribution in [0.4, 0.5) is 0 Å². The van der Waals surface area contributed by atoms with Crippen molar-refractivity contribution in [3.63, 3.8) is 0 Å². The van der Waals surface area contributed by atoms with Crippen molar-refractivity contribution < 1.29 is 9.59 Å². The number of amides is 1. The van der Waals surface area contributed by atoms with Crippen LogP contribution in [0, 0.1) is 0 Å². The number of Topliss-reactive ketones (excluding diaryl/α,β-unsaturated/α-hetero) is 1. The molecule has 2 aromatic heterocycles. The summed E-state index contributed by atoms with van der Waals surface area (Å²) in [4.78, 5) is 41.7. The van der Waals surface area contributed by atoms with Gasteiger partial charge < -0.3 is 5.32 Å². The quantitative estimate of drug-likeness (QED) is 0.437. The lowest BCUT2D eigenvalue weighted by Gasteiger charge is -2.12. The van der Waals surface area contributed by atoms with Gasteiger partial charge in [-0.2, -0.15) is 5.10 Å². The molecule has 0 radical (unpaired) electrons. The van der Waals surface area contributed by atoms with E-state index in [9.17, 15) is 14.4 Å². The summed E-state index contributed by atoms with van der Waals surface area (Å²) in [5, 5.41) is 8.54. The Morgan fingerprint density at radius 1 is 0.844 bits per heavy atom. The highest BCUT2D eigenvalue weighted by Gasteiger charge is 2.13. The number of benzene rings is 2. The molecular formula is C25H22N4O3. The Balaban J connectivity index is 1.48. The molecule has 0 fully saturated rings. The van der Waals surface area contributed by atoms with Gasteiger partial charge in [-0.25, -0.2) is 4.68 Å². The van der Waals surface area contributed by atoms with E-state index in [-0.39, 0.29) is 43.2 Å². The summed E-state index contributed by atoms with van der Waals surface area (Å²) in [6.45, 7) is 0.387. The van der Waals surface area contributed by atoms with Crippen molar-refractivity contribution in [2.45, 2.75) is 25.9 Å². The molecule has 1 amide bonds. The molecule has 2 heterocycles. The van der Waals surface area contributed by atoms with Crippen LogP contribution in [0.25, 0.3) is 10.8 Å². The van der Waals surface area contributed by atoms with Gasteiger partial charge in [0.15, 0.2) is 5.78 Å². The van der Waals surface area contributed by atoms with Gasteiger partial charge in [-0.3, -0.25) is 19.4 Å². The van der Waals surface area contributed by atoms with Gasteiger partial charge in [0.25, 0.3) is 5.56 Å². The molecule has 7 heteroatoms. The van der Waals surface area contributed by atoms with Crippen LogP contribution in [0.3, 0.4) is 0 Å². The monoisotopic (exact) mass is 426 g/mol. The van der Waals surface area contributed by atoms with E-state index in [1.54, 1.807) is 42.6 Å². The number of ketones is 1. The third-order valence-electron chi connectivity index (χ3n) is 5.11. The molecule has 0 saturated carbocycles. The molecule has 0 aliphatic rings. The molecule has 1 N–H and O–H groups in total. The van der Waals surface area contributed by atoms with Gasteiger partial charge in [0, 0.05) is 30.0 Å². The van der Waals surface area contributed by atoms with Gasteiger partial charge in [-0.15, -0.1) is 0 Å². The largest absolute Gasteiger partial charge is 0.350 e. The molecule has 7 nitrogen and oxygen atoms in total. The Hall–Kier alpha value is -4.13. The normalized spacial score (nSPS) is 10.8. The Morgan fingerprint density at radius 3 is 2.31 bits per heavy atom. The fourth-order valence-corrected chi connectivity index (χ4v) is 3.45. The number of aromatic nitrogens is 3. The number of hydrogen-bond donors (Lipinski definition) is 1. The SMILES string of the molecule is O=C(CCC(=O)c1ccccc1)NCc1nn(Cc2ccccn2)c(=O)c2ccccc12. The second kappa shape index (κ2) is 9.78. The van der Waals surface area contributed by atoms with Gasteiger partial charge in [0.2, 0.25) is 5.91 Å². The van der Waals surface area contributed by atoms with Crippen LogP contribution in [-0.2, 0) is 17.9 Å². The third-order valence-corrected chi connectivity index (χ3v) is 5.11. The van der Waals surface area contributed by atoms with Crippen molar-refractivity contribution in [2.75, 3.05) is 0 Å². The summed E-state index contributed by atoms with van der Waals surface area (Å²) in [7, 11) is 0. The summed E-state index contributed by atoms with van der Waals surface area (Å²) in [6.07, 6.45) is 1.88. The molecule has 0 aliphatic carbocycles. The Morgan fingerprint density at radius 2 is 1.56 bits per heavy atom. The summed E-state index contributed by atoms with van der Waals surface area (Å²) in [5.74, 6) is -0.323. The third kappa shape index (κ3) is 4.95. The molecule has 4 rings (SSSR count). The number of nitrogens with one attached hydrogen (secondary N) is 1. The molecule has 4 aromatic rings. The highest BCUT2D eigenvalue weighted by Crippen LogP contribution is 2.14. The van der Waals surface area contributed by atoms with E-state index in [4.69, 9.17) is 0 Å². The lowest BCUT2D eigenvalue weighted by atomic mass is 10.1. The van der Waals surface area contributed by atoms with Crippen molar-refractivity contribution in [3.8, 4) is 0 Å². The molecule has 0 aliphatic heterocycles. The predicted molar refractivity (Wildman–Crippen MR) is 121 cm³/mol. The van der Waals surface area contributed by atoms with Gasteiger partial charge >= 0.3 is 0 Å². The lowest BCUT2D eigenvalue weighted by molar-refractivity contribution is -0.121.